The first-order valence-corrected chi connectivity index (χ1v) is 24.7. The third-order valence-corrected chi connectivity index (χ3v) is 23.1. The van der Waals surface area contributed by atoms with Gasteiger partial charge in [0.1, 0.15) is 16.1 Å². The molecule has 6 nitrogen and oxygen atoms in total. The van der Waals surface area contributed by atoms with E-state index in [2.05, 4.69) is 166 Å². The van der Waals surface area contributed by atoms with Crippen LogP contribution in [-0.4, -0.2) is 46.1 Å². The summed E-state index contributed by atoms with van der Waals surface area (Å²) in [5.41, 5.74) is 14.0. The van der Waals surface area contributed by atoms with E-state index in [-0.39, 0.29) is 21.1 Å². The third-order valence-electron chi connectivity index (χ3n) is 13.3. The standard InChI is InChI=1S/2C27H16N3Si.Pt/c2*1-2-5-18(6-3-1)19-8-9-20-26(15-19)31(25-7-4-12-30-27(20)25)23-10-13-28-16-21(23)22-17-29-14-11-24(22)31;/h2*1-8,10-17H;/q2*-1;+2. The van der Waals surface area contributed by atoms with Gasteiger partial charge in [-0.2, -0.15) is 0 Å². The summed E-state index contributed by atoms with van der Waals surface area (Å²) in [6.07, 6.45) is 19.5. The fourth-order valence-electron chi connectivity index (χ4n) is 10.9. The molecule has 0 N–H and O–H groups in total. The van der Waals surface area contributed by atoms with Gasteiger partial charge < -0.3 is 9.97 Å². The number of aromatic nitrogens is 6. The summed E-state index contributed by atoms with van der Waals surface area (Å²) in [6, 6.07) is 54.9. The Morgan fingerprint density at radius 1 is 0.333 bits per heavy atom. The van der Waals surface area contributed by atoms with Crippen LogP contribution in [0.2, 0.25) is 0 Å². The number of pyridine rings is 6. The molecule has 0 aliphatic carbocycles. The summed E-state index contributed by atoms with van der Waals surface area (Å²) in [4.78, 5) is 27.5. The Kier molecular flexibility index (Phi) is 8.66. The second kappa shape index (κ2) is 14.5. The third kappa shape index (κ3) is 5.14. The van der Waals surface area contributed by atoms with Crippen LogP contribution in [-0.2, 0) is 21.1 Å². The van der Waals surface area contributed by atoms with E-state index in [0.717, 1.165) is 22.5 Å². The smallest absolute Gasteiger partial charge is 0.305 e. The minimum atomic E-state index is -2.49. The van der Waals surface area contributed by atoms with Gasteiger partial charge in [-0.25, -0.2) is 0 Å². The summed E-state index contributed by atoms with van der Waals surface area (Å²) >= 11 is 0. The Morgan fingerprint density at radius 2 is 0.698 bits per heavy atom. The first-order valence-electron chi connectivity index (χ1n) is 20.7. The Balaban J connectivity index is 0.000000132. The normalized spacial score (nSPS) is 13.8. The van der Waals surface area contributed by atoms with Crippen LogP contribution in [0.25, 0.3) is 67.0 Å². The number of benzene rings is 4. The first-order chi connectivity index (χ1) is 30.8. The molecular formula is C54H32N6PtSi2. The molecule has 0 atom stereocenters. The maximum Gasteiger partial charge on any atom is 2.00 e. The zero-order chi connectivity index (χ0) is 40.8. The zero-order valence-electron chi connectivity index (χ0n) is 33.5. The molecule has 0 saturated heterocycles. The fraction of sp³-hybridized carbons (Fsp3) is 0. The largest absolute Gasteiger partial charge is 2.00 e. The molecule has 4 aliphatic rings. The van der Waals surface area contributed by atoms with E-state index in [9.17, 15) is 0 Å². The fourth-order valence-corrected chi connectivity index (χ4v) is 21.7. The average molecular weight is 1020 g/mol. The topological polar surface area (TPSA) is 77.3 Å². The van der Waals surface area contributed by atoms with Crippen molar-refractivity contribution in [2.45, 2.75) is 0 Å². The number of fused-ring (bicyclic) bond motifs is 20. The zero-order valence-corrected chi connectivity index (χ0v) is 37.7. The van der Waals surface area contributed by atoms with Crippen LogP contribution < -0.4 is 41.5 Å². The van der Waals surface area contributed by atoms with Gasteiger partial charge in [-0.15, -0.1) is 57.9 Å². The number of nitrogens with zero attached hydrogens (tertiary/aromatic N) is 6. The predicted molar refractivity (Wildman–Crippen MR) is 251 cm³/mol. The molecule has 10 aromatic rings. The minimum Gasteiger partial charge on any atom is -0.305 e. The monoisotopic (exact) mass is 1020 g/mol. The van der Waals surface area contributed by atoms with E-state index in [0.29, 0.717) is 0 Å². The second-order valence-electron chi connectivity index (χ2n) is 16.1. The summed E-state index contributed by atoms with van der Waals surface area (Å²) < 4.78 is 0. The molecule has 296 valence electrons. The van der Waals surface area contributed by atoms with E-state index in [1.807, 2.05) is 62.0 Å². The molecule has 2 spiro atoms. The van der Waals surface area contributed by atoms with Crippen molar-refractivity contribution in [2.75, 3.05) is 0 Å². The molecule has 0 saturated carbocycles. The SMILES string of the molecule is [Pt+2].[c-]1cc(-c2ccccc2)cc2c1-c1ncccc1[Si]21c2ccncc2-c2cnccc21.[c-]1cc(-c2ccccc2)cc2c1-c1ncccc1[Si]21c2ccncc2-c2cnccc21. The van der Waals surface area contributed by atoms with Gasteiger partial charge in [0.15, 0.2) is 0 Å². The van der Waals surface area contributed by atoms with Crippen molar-refractivity contribution in [2.24, 2.45) is 0 Å². The van der Waals surface area contributed by atoms with E-state index >= 15 is 0 Å². The molecule has 0 fully saturated rings. The Bertz CT molecular complexity index is 3100. The second-order valence-corrected chi connectivity index (χ2v) is 23.4. The Labute approximate surface area is 380 Å². The number of hydrogen-bond donors (Lipinski definition) is 0. The Hall–Kier alpha value is -7.10. The van der Waals surface area contributed by atoms with Gasteiger partial charge in [0, 0.05) is 84.2 Å². The minimum absolute atomic E-state index is 0. The molecule has 14 rings (SSSR count). The van der Waals surface area contributed by atoms with Crippen LogP contribution in [0.15, 0.2) is 195 Å². The average Bonchev–Trinajstić information content (AvgIpc) is 4.03. The van der Waals surface area contributed by atoms with Gasteiger partial charge in [0.25, 0.3) is 0 Å². The van der Waals surface area contributed by atoms with Crippen LogP contribution in [0.4, 0.5) is 0 Å². The summed E-state index contributed by atoms with van der Waals surface area (Å²) in [6.45, 7) is 0. The van der Waals surface area contributed by atoms with Crippen molar-refractivity contribution in [3.63, 3.8) is 0 Å². The first kappa shape index (κ1) is 37.6. The van der Waals surface area contributed by atoms with Crippen LogP contribution in [0.5, 0.6) is 0 Å². The quantitative estimate of drug-likeness (QED) is 0.172. The predicted octanol–water partition coefficient (Wildman–Crippen LogP) is 5.35. The molecule has 0 bridgehead atoms. The van der Waals surface area contributed by atoms with Crippen LogP contribution >= 0.6 is 0 Å². The van der Waals surface area contributed by atoms with Crippen molar-refractivity contribution >= 4 is 57.6 Å². The molecule has 9 heteroatoms. The van der Waals surface area contributed by atoms with Gasteiger partial charge in [-0.05, 0) is 68.5 Å². The molecule has 0 amide bonds. The summed E-state index contributed by atoms with van der Waals surface area (Å²) in [7, 11) is -4.98. The van der Waals surface area contributed by atoms with E-state index in [1.165, 1.54) is 86.0 Å². The van der Waals surface area contributed by atoms with Crippen molar-refractivity contribution in [1.29, 1.82) is 0 Å². The van der Waals surface area contributed by atoms with Gasteiger partial charge >= 0.3 is 21.1 Å². The van der Waals surface area contributed by atoms with Crippen LogP contribution in [0, 0.1) is 12.1 Å². The van der Waals surface area contributed by atoms with Crippen LogP contribution in [0.1, 0.15) is 0 Å². The van der Waals surface area contributed by atoms with Crippen molar-refractivity contribution in [3.05, 3.63) is 208 Å². The molecule has 63 heavy (non-hydrogen) atoms. The van der Waals surface area contributed by atoms with Crippen molar-refractivity contribution in [3.8, 4) is 67.0 Å². The van der Waals surface area contributed by atoms with E-state index in [1.54, 1.807) is 0 Å². The molecule has 10 heterocycles. The molecule has 4 aromatic carbocycles. The van der Waals surface area contributed by atoms with Crippen molar-refractivity contribution < 1.29 is 21.1 Å². The summed E-state index contributed by atoms with van der Waals surface area (Å²) in [5, 5.41) is 10.9. The van der Waals surface area contributed by atoms with Gasteiger partial charge in [-0.3, -0.25) is 19.9 Å². The Morgan fingerprint density at radius 3 is 1.06 bits per heavy atom. The molecule has 4 aliphatic heterocycles. The molecular weight excluding hydrogens is 984 g/mol. The molecule has 0 radical (unpaired) electrons. The van der Waals surface area contributed by atoms with E-state index < -0.39 is 16.1 Å². The van der Waals surface area contributed by atoms with Gasteiger partial charge in [-0.1, -0.05) is 105 Å². The maximum absolute atomic E-state index is 4.84. The number of rotatable bonds is 2. The summed E-state index contributed by atoms with van der Waals surface area (Å²) in [5.74, 6) is 0. The van der Waals surface area contributed by atoms with Crippen molar-refractivity contribution in [1.82, 2.24) is 29.9 Å². The molecule has 6 aromatic heterocycles. The molecule has 0 unspecified atom stereocenters. The maximum atomic E-state index is 4.84. The number of hydrogen-bond acceptors (Lipinski definition) is 6. The van der Waals surface area contributed by atoms with Gasteiger partial charge in [0.05, 0.1) is 0 Å². The van der Waals surface area contributed by atoms with Gasteiger partial charge in [0.2, 0.25) is 0 Å². The van der Waals surface area contributed by atoms with E-state index in [4.69, 9.17) is 9.97 Å². The van der Waals surface area contributed by atoms with Crippen LogP contribution in [0.3, 0.4) is 0 Å².